The van der Waals surface area contributed by atoms with Crippen molar-refractivity contribution in [3.8, 4) is 5.75 Å². The van der Waals surface area contributed by atoms with Gasteiger partial charge in [-0.15, -0.1) is 0 Å². The standard InChI is InChI=1S/C14H17NO6S/c1-20-12-3-2-8-15(9-12)22(18,19)13-6-4-11(5-7-13)21-10-14(16)17/h2-7,12H,8-10H2,1H3,(H,16,17). The van der Waals surface area contributed by atoms with Crippen LogP contribution in [0.4, 0.5) is 0 Å². The molecule has 0 bridgehead atoms. The topological polar surface area (TPSA) is 93.1 Å². The zero-order valence-corrected chi connectivity index (χ0v) is 12.8. The van der Waals surface area contributed by atoms with Gasteiger partial charge in [0.05, 0.1) is 11.0 Å². The van der Waals surface area contributed by atoms with Gasteiger partial charge in [-0.2, -0.15) is 4.31 Å². The second-order valence-corrected chi connectivity index (χ2v) is 6.62. The minimum Gasteiger partial charge on any atom is -0.482 e. The van der Waals surface area contributed by atoms with E-state index in [4.69, 9.17) is 14.6 Å². The predicted octanol–water partition coefficient (Wildman–Crippen LogP) is 0.725. The SMILES string of the molecule is COC1C=CCN(S(=O)(=O)c2ccc(OCC(=O)O)cc2)C1. The van der Waals surface area contributed by atoms with Crippen LogP contribution in [0.15, 0.2) is 41.3 Å². The molecule has 0 saturated heterocycles. The van der Waals surface area contributed by atoms with Crippen LogP contribution in [0, 0.1) is 0 Å². The number of carboxylic acid groups (broad SMARTS) is 1. The highest BCUT2D eigenvalue weighted by molar-refractivity contribution is 7.89. The van der Waals surface area contributed by atoms with Crippen LogP contribution < -0.4 is 4.74 Å². The second-order valence-electron chi connectivity index (χ2n) is 4.68. The first-order chi connectivity index (χ1) is 10.4. The molecule has 1 unspecified atom stereocenters. The molecule has 1 aromatic rings. The molecule has 120 valence electrons. The number of carbonyl (C=O) groups is 1. The Hall–Kier alpha value is -1.90. The second kappa shape index (κ2) is 6.91. The number of hydrogen-bond acceptors (Lipinski definition) is 5. The van der Waals surface area contributed by atoms with Crippen molar-refractivity contribution >= 4 is 16.0 Å². The molecule has 1 aromatic carbocycles. The summed E-state index contributed by atoms with van der Waals surface area (Å²) in [5.74, 6) is -0.794. The van der Waals surface area contributed by atoms with Crippen molar-refractivity contribution in [2.24, 2.45) is 0 Å². The van der Waals surface area contributed by atoms with E-state index in [0.717, 1.165) is 0 Å². The molecule has 8 heteroatoms. The maximum Gasteiger partial charge on any atom is 0.341 e. The molecule has 2 rings (SSSR count). The van der Waals surface area contributed by atoms with Crippen LogP contribution in [0.2, 0.25) is 0 Å². The summed E-state index contributed by atoms with van der Waals surface area (Å²) in [5, 5.41) is 8.53. The fourth-order valence-electron chi connectivity index (χ4n) is 2.02. The van der Waals surface area contributed by atoms with E-state index in [1.807, 2.05) is 6.08 Å². The smallest absolute Gasteiger partial charge is 0.341 e. The van der Waals surface area contributed by atoms with Crippen molar-refractivity contribution in [1.82, 2.24) is 4.31 Å². The summed E-state index contributed by atoms with van der Waals surface area (Å²) >= 11 is 0. The van der Waals surface area contributed by atoms with Gasteiger partial charge in [-0.1, -0.05) is 12.2 Å². The summed E-state index contributed by atoms with van der Waals surface area (Å²) in [6.07, 6.45) is 3.32. The number of ether oxygens (including phenoxy) is 2. The van der Waals surface area contributed by atoms with Gasteiger partial charge in [-0.3, -0.25) is 0 Å². The Balaban J connectivity index is 2.12. The Morgan fingerprint density at radius 2 is 2.05 bits per heavy atom. The predicted molar refractivity (Wildman–Crippen MR) is 78.3 cm³/mol. The van der Waals surface area contributed by atoms with Crippen LogP contribution in [0.25, 0.3) is 0 Å². The molecule has 1 aliphatic rings. The maximum atomic E-state index is 12.5. The minimum atomic E-state index is -3.62. The van der Waals surface area contributed by atoms with E-state index in [1.54, 1.807) is 6.08 Å². The molecule has 7 nitrogen and oxygen atoms in total. The fraction of sp³-hybridized carbons (Fsp3) is 0.357. The van der Waals surface area contributed by atoms with Crippen LogP contribution in [-0.4, -0.2) is 56.7 Å². The number of sulfonamides is 1. The third-order valence-electron chi connectivity index (χ3n) is 3.17. The van der Waals surface area contributed by atoms with Gasteiger partial charge in [-0.05, 0) is 24.3 Å². The first kappa shape index (κ1) is 16.5. The zero-order chi connectivity index (χ0) is 16.2. The molecule has 1 N–H and O–H groups in total. The first-order valence-electron chi connectivity index (χ1n) is 6.58. The third kappa shape index (κ3) is 3.85. The highest BCUT2D eigenvalue weighted by atomic mass is 32.2. The maximum absolute atomic E-state index is 12.5. The van der Waals surface area contributed by atoms with Gasteiger partial charge in [0, 0.05) is 20.2 Å². The highest BCUT2D eigenvalue weighted by Gasteiger charge is 2.27. The van der Waals surface area contributed by atoms with Crippen molar-refractivity contribution < 1.29 is 27.8 Å². The number of carboxylic acids is 1. The molecule has 0 saturated carbocycles. The summed E-state index contributed by atoms with van der Waals surface area (Å²) in [7, 11) is -2.10. The largest absolute Gasteiger partial charge is 0.482 e. The summed E-state index contributed by atoms with van der Waals surface area (Å²) in [6.45, 7) is 0.0740. The van der Waals surface area contributed by atoms with Gasteiger partial charge < -0.3 is 14.6 Å². The molecule has 1 aliphatic heterocycles. The number of methoxy groups -OCH3 is 1. The van der Waals surface area contributed by atoms with Gasteiger partial charge in [0.2, 0.25) is 10.0 Å². The first-order valence-corrected chi connectivity index (χ1v) is 8.02. The fourth-order valence-corrected chi connectivity index (χ4v) is 3.42. The molecular weight excluding hydrogens is 310 g/mol. The molecular formula is C14H17NO6S. The minimum absolute atomic E-state index is 0.125. The summed E-state index contributed by atoms with van der Waals surface area (Å²) < 4.78 is 36.5. The van der Waals surface area contributed by atoms with Crippen LogP contribution in [0.3, 0.4) is 0 Å². The Morgan fingerprint density at radius 1 is 1.36 bits per heavy atom. The van der Waals surface area contributed by atoms with Gasteiger partial charge in [-0.25, -0.2) is 13.2 Å². The summed E-state index contributed by atoms with van der Waals surface area (Å²) in [5.41, 5.74) is 0. The molecule has 1 heterocycles. The molecule has 0 spiro atoms. The van der Waals surface area contributed by atoms with Crippen LogP contribution in [-0.2, 0) is 19.6 Å². The number of benzene rings is 1. The average Bonchev–Trinajstić information content (AvgIpc) is 2.53. The lowest BCUT2D eigenvalue weighted by Gasteiger charge is -2.27. The molecule has 0 aromatic heterocycles. The number of aliphatic carboxylic acids is 1. The number of hydrogen-bond donors (Lipinski definition) is 1. The van der Waals surface area contributed by atoms with Gasteiger partial charge in [0.15, 0.2) is 6.61 Å². The lowest BCUT2D eigenvalue weighted by molar-refractivity contribution is -0.139. The Kier molecular flexibility index (Phi) is 5.17. The highest BCUT2D eigenvalue weighted by Crippen LogP contribution is 2.21. The van der Waals surface area contributed by atoms with Crippen LogP contribution in [0.1, 0.15) is 0 Å². The normalized spacial score (nSPS) is 19.0. The monoisotopic (exact) mass is 327 g/mol. The van der Waals surface area contributed by atoms with Crippen molar-refractivity contribution in [3.05, 3.63) is 36.4 Å². The van der Waals surface area contributed by atoms with E-state index in [2.05, 4.69) is 0 Å². The van der Waals surface area contributed by atoms with Gasteiger partial charge >= 0.3 is 5.97 Å². The molecule has 0 radical (unpaired) electrons. The third-order valence-corrected chi connectivity index (χ3v) is 5.02. The van der Waals surface area contributed by atoms with Crippen molar-refractivity contribution in [2.75, 3.05) is 26.8 Å². The summed E-state index contributed by atoms with van der Waals surface area (Å²) in [6, 6.07) is 5.66. The van der Waals surface area contributed by atoms with E-state index in [9.17, 15) is 13.2 Å². The van der Waals surface area contributed by atoms with Gasteiger partial charge in [0.1, 0.15) is 5.75 Å². The molecule has 0 fully saturated rings. The van der Waals surface area contributed by atoms with E-state index < -0.39 is 22.6 Å². The number of rotatable bonds is 6. The lowest BCUT2D eigenvalue weighted by atomic mass is 10.2. The van der Waals surface area contributed by atoms with E-state index in [1.165, 1.54) is 35.7 Å². The van der Waals surface area contributed by atoms with E-state index in [0.29, 0.717) is 12.3 Å². The molecule has 1 atom stereocenters. The van der Waals surface area contributed by atoms with Crippen molar-refractivity contribution in [2.45, 2.75) is 11.0 Å². The molecule has 0 aliphatic carbocycles. The van der Waals surface area contributed by atoms with Crippen molar-refractivity contribution in [1.29, 1.82) is 0 Å². The average molecular weight is 327 g/mol. The van der Waals surface area contributed by atoms with Crippen LogP contribution >= 0.6 is 0 Å². The quantitative estimate of drug-likeness (QED) is 0.774. The van der Waals surface area contributed by atoms with E-state index >= 15 is 0 Å². The Morgan fingerprint density at radius 3 is 2.64 bits per heavy atom. The Bertz CT molecular complexity index is 652. The summed E-state index contributed by atoms with van der Waals surface area (Å²) in [4.78, 5) is 10.5. The van der Waals surface area contributed by atoms with Gasteiger partial charge in [0.25, 0.3) is 0 Å². The van der Waals surface area contributed by atoms with Crippen molar-refractivity contribution in [3.63, 3.8) is 0 Å². The lowest BCUT2D eigenvalue weighted by Crippen LogP contribution is -2.40. The zero-order valence-electron chi connectivity index (χ0n) is 12.0. The number of nitrogens with zero attached hydrogens (tertiary/aromatic N) is 1. The van der Waals surface area contributed by atoms with Crippen LogP contribution in [0.5, 0.6) is 5.75 Å². The van der Waals surface area contributed by atoms with E-state index in [-0.39, 0.29) is 17.5 Å². The molecule has 0 amide bonds. The Labute approximate surface area is 128 Å². The molecule has 22 heavy (non-hydrogen) atoms.